The molecule has 1 unspecified atom stereocenters. The second-order valence-corrected chi connectivity index (χ2v) is 8.65. The Morgan fingerprint density at radius 2 is 1.65 bits per heavy atom. The van der Waals surface area contributed by atoms with Gasteiger partial charge in [0.15, 0.2) is 0 Å². The van der Waals surface area contributed by atoms with Crippen LogP contribution in [0.3, 0.4) is 0 Å². The quantitative estimate of drug-likeness (QED) is 0.270. The fraction of sp³-hybridized carbons (Fsp3) is 0.233. The van der Waals surface area contributed by atoms with Crippen LogP contribution < -0.4 is 0 Å². The van der Waals surface area contributed by atoms with E-state index in [1.807, 2.05) is 6.07 Å². The predicted molar refractivity (Wildman–Crippen MR) is 127 cm³/mol. The van der Waals surface area contributed by atoms with Crippen LogP contribution in [-0.4, -0.2) is 0 Å². The van der Waals surface area contributed by atoms with E-state index in [0.29, 0.717) is 5.92 Å². The van der Waals surface area contributed by atoms with Crippen LogP contribution in [0.4, 0.5) is 0 Å². The van der Waals surface area contributed by atoms with Gasteiger partial charge in [0.1, 0.15) is 0 Å². The molecule has 1 heteroatoms. The van der Waals surface area contributed by atoms with Crippen molar-refractivity contribution in [2.45, 2.75) is 44.9 Å². The number of aryl methyl sites for hydroxylation is 2. The molecule has 1 atom stereocenters. The molecule has 0 fully saturated rings. The minimum atomic E-state index is 0. The monoisotopic (exact) mass is 478 g/mol. The molecule has 0 aromatic heterocycles. The summed E-state index contributed by atoms with van der Waals surface area (Å²) in [6, 6.07) is 28.7. The molecule has 2 aliphatic carbocycles. The maximum Gasteiger partial charge on any atom is 2.00 e. The van der Waals surface area contributed by atoms with Crippen LogP contribution in [0.2, 0.25) is 0 Å². The molecule has 0 spiro atoms. The molecule has 4 aromatic rings. The van der Waals surface area contributed by atoms with Crippen molar-refractivity contribution in [1.29, 1.82) is 0 Å². The van der Waals surface area contributed by atoms with Crippen LogP contribution >= 0.6 is 0 Å². The average Bonchev–Trinajstić information content (AvgIpc) is 3.53. The van der Waals surface area contributed by atoms with Gasteiger partial charge in [-0.25, -0.2) is 0 Å². The minimum Gasteiger partial charge on any atom is -0.190 e. The Kier molecular flexibility index (Phi) is 7.14. The fourth-order valence-corrected chi connectivity index (χ4v) is 4.86. The third-order valence-electron chi connectivity index (χ3n) is 6.57. The Morgan fingerprint density at radius 1 is 0.903 bits per heavy atom. The fourth-order valence-electron chi connectivity index (χ4n) is 4.86. The third-order valence-corrected chi connectivity index (χ3v) is 6.57. The summed E-state index contributed by atoms with van der Waals surface area (Å²) < 4.78 is 0. The molecule has 4 aromatic carbocycles. The third kappa shape index (κ3) is 4.88. The van der Waals surface area contributed by atoms with Crippen molar-refractivity contribution < 1.29 is 26.2 Å². The van der Waals surface area contributed by atoms with Crippen molar-refractivity contribution in [2.75, 3.05) is 0 Å². The number of fused-ring (bicyclic) bond motifs is 3. The van der Waals surface area contributed by atoms with Gasteiger partial charge in [-0.15, -0.1) is 52.7 Å². The van der Waals surface area contributed by atoms with E-state index < -0.39 is 0 Å². The van der Waals surface area contributed by atoms with E-state index in [2.05, 4.69) is 91.9 Å². The summed E-state index contributed by atoms with van der Waals surface area (Å²) >= 11 is 0. The molecule has 0 amide bonds. The summed E-state index contributed by atoms with van der Waals surface area (Å²) in [6.07, 6.45) is 11.3. The van der Waals surface area contributed by atoms with E-state index >= 15 is 0 Å². The summed E-state index contributed by atoms with van der Waals surface area (Å²) in [4.78, 5) is 0. The SMILES string of the molecule is CC(Cc1c[cH-]c2cc3c(cc12)CCC3)c1ccccc1.[C-]1=CCc2ccccc21.[Zr+2]. The zero-order chi connectivity index (χ0) is 20.3. The molecule has 0 radical (unpaired) electrons. The molecule has 6 rings (SSSR count). The first-order valence-corrected chi connectivity index (χ1v) is 11.2. The molecule has 0 bridgehead atoms. The standard InChI is InChI=1S/C21H21.C9H7.Zr/c1-15(16-6-3-2-4-7-16)12-19-10-11-20-13-17-8-5-9-18(17)14-21(19)20;1-2-5-9-7-3-6-8(9)4-1;/h2-4,6-7,10-11,13-15H,5,8-9,12H2,1H3;1-5H,6H2;/q2*-1;+2. The number of allylic oxidation sites excluding steroid dienone is 1. The maximum absolute atomic E-state index is 3.18. The Labute approximate surface area is 205 Å². The van der Waals surface area contributed by atoms with E-state index in [-0.39, 0.29) is 26.2 Å². The number of hydrogen-bond acceptors (Lipinski definition) is 0. The van der Waals surface area contributed by atoms with E-state index in [1.54, 1.807) is 11.1 Å². The average molecular weight is 480 g/mol. The molecular weight excluding hydrogens is 452 g/mol. The molecule has 2 aliphatic rings. The Balaban J connectivity index is 0.000000194. The van der Waals surface area contributed by atoms with Gasteiger partial charge in [0, 0.05) is 0 Å². The molecular formula is C30H28Zr. The van der Waals surface area contributed by atoms with Gasteiger partial charge in [0.05, 0.1) is 0 Å². The molecule has 0 N–H and O–H groups in total. The Hall–Kier alpha value is -2.11. The van der Waals surface area contributed by atoms with Crippen LogP contribution in [0.25, 0.3) is 10.8 Å². The number of benzene rings is 3. The first-order valence-electron chi connectivity index (χ1n) is 11.2. The molecule has 31 heavy (non-hydrogen) atoms. The van der Waals surface area contributed by atoms with E-state index in [9.17, 15) is 0 Å². The van der Waals surface area contributed by atoms with Crippen LogP contribution in [-0.2, 0) is 51.9 Å². The smallest absolute Gasteiger partial charge is 0.190 e. The van der Waals surface area contributed by atoms with E-state index in [1.165, 1.54) is 52.3 Å². The van der Waals surface area contributed by atoms with Crippen LogP contribution in [0.1, 0.15) is 52.6 Å². The first kappa shape index (κ1) is 22.1. The van der Waals surface area contributed by atoms with Crippen molar-refractivity contribution in [1.82, 2.24) is 0 Å². The topological polar surface area (TPSA) is 0 Å². The van der Waals surface area contributed by atoms with Gasteiger partial charge in [-0.1, -0.05) is 67.3 Å². The minimum absolute atomic E-state index is 0. The van der Waals surface area contributed by atoms with E-state index in [4.69, 9.17) is 0 Å². The van der Waals surface area contributed by atoms with E-state index in [0.717, 1.165) is 12.8 Å². The summed E-state index contributed by atoms with van der Waals surface area (Å²) in [5, 5.41) is 2.92. The molecule has 152 valence electrons. The van der Waals surface area contributed by atoms with Crippen LogP contribution in [0, 0.1) is 6.08 Å². The molecule has 0 nitrogen and oxygen atoms in total. The van der Waals surface area contributed by atoms with Gasteiger partial charge in [0.2, 0.25) is 0 Å². The van der Waals surface area contributed by atoms with Gasteiger partial charge in [0.25, 0.3) is 0 Å². The summed E-state index contributed by atoms with van der Waals surface area (Å²) in [7, 11) is 0. The van der Waals surface area contributed by atoms with Crippen molar-refractivity contribution >= 4 is 10.8 Å². The molecule has 0 saturated heterocycles. The van der Waals surface area contributed by atoms with Crippen molar-refractivity contribution in [3.05, 3.63) is 124 Å². The molecule has 0 heterocycles. The van der Waals surface area contributed by atoms with Gasteiger partial charge in [-0.05, 0) is 30.7 Å². The second-order valence-electron chi connectivity index (χ2n) is 8.65. The largest absolute Gasteiger partial charge is 2.00 e. The Morgan fingerprint density at radius 3 is 2.45 bits per heavy atom. The summed E-state index contributed by atoms with van der Waals surface area (Å²) in [5.41, 5.74) is 8.78. The molecule has 0 saturated carbocycles. The van der Waals surface area contributed by atoms with Crippen molar-refractivity contribution in [2.24, 2.45) is 0 Å². The molecule has 0 aliphatic heterocycles. The van der Waals surface area contributed by atoms with Crippen molar-refractivity contribution in [3.63, 3.8) is 0 Å². The van der Waals surface area contributed by atoms with Gasteiger partial charge >= 0.3 is 26.2 Å². The number of hydrogen-bond donors (Lipinski definition) is 0. The zero-order valence-electron chi connectivity index (χ0n) is 18.2. The summed E-state index contributed by atoms with van der Waals surface area (Å²) in [6.45, 7) is 2.33. The second kappa shape index (κ2) is 10.0. The van der Waals surface area contributed by atoms with Gasteiger partial charge in [-0.2, -0.15) is 29.3 Å². The predicted octanol–water partition coefficient (Wildman–Crippen LogP) is 7.34. The van der Waals surface area contributed by atoms with Gasteiger partial charge < -0.3 is 0 Å². The maximum atomic E-state index is 3.18. The van der Waals surface area contributed by atoms with Gasteiger partial charge in [-0.3, -0.25) is 0 Å². The van der Waals surface area contributed by atoms with Crippen LogP contribution in [0.5, 0.6) is 0 Å². The summed E-state index contributed by atoms with van der Waals surface area (Å²) in [5.74, 6) is 0.574. The zero-order valence-corrected chi connectivity index (χ0v) is 20.7. The van der Waals surface area contributed by atoms with Crippen molar-refractivity contribution in [3.8, 4) is 0 Å². The normalized spacial score (nSPS) is 14.4. The Bertz CT molecular complexity index is 1180. The van der Waals surface area contributed by atoms with Crippen LogP contribution in [0.15, 0.2) is 84.9 Å². The first-order chi connectivity index (χ1) is 14.8. The number of rotatable bonds is 3.